The zero-order chi connectivity index (χ0) is 14.4. The molecule has 0 heterocycles. The van der Waals surface area contributed by atoms with Crippen molar-refractivity contribution in [1.29, 1.82) is 0 Å². The molecule has 0 radical (unpaired) electrons. The lowest BCUT2D eigenvalue weighted by atomic mass is 9.95. The lowest BCUT2D eigenvalue weighted by molar-refractivity contribution is 0.317. The highest BCUT2D eigenvalue weighted by Gasteiger charge is 2.09. The second-order valence-electron chi connectivity index (χ2n) is 4.97. The molecule has 2 heteroatoms. The summed E-state index contributed by atoms with van der Waals surface area (Å²) in [7, 11) is 1.99. The molecular formula is C18H23NO. The van der Waals surface area contributed by atoms with Gasteiger partial charge in [-0.25, -0.2) is 0 Å². The Bertz CT molecular complexity index is 533. The minimum Gasteiger partial charge on any atom is -0.494 e. The quantitative estimate of drug-likeness (QED) is 0.838. The molecule has 0 saturated heterocycles. The Kier molecular flexibility index (Phi) is 5.19. The van der Waals surface area contributed by atoms with E-state index in [0.717, 1.165) is 18.8 Å². The van der Waals surface area contributed by atoms with Gasteiger partial charge in [0, 0.05) is 6.04 Å². The molecule has 0 spiro atoms. The van der Waals surface area contributed by atoms with E-state index in [-0.39, 0.29) is 0 Å². The largest absolute Gasteiger partial charge is 0.494 e. The molecule has 0 aliphatic heterocycles. The van der Waals surface area contributed by atoms with Crippen molar-refractivity contribution in [2.24, 2.45) is 0 Å². The smallest absolute Gasteiger partial charge is 0.119 e. The summed E-state index contributed by atoms with van der Waals surface area (Å²) in [5, 5.41) is 3.31. The number of benzene rings is 2. The third-order valence-electron chi connectivity index (χ3n) is 3.50. The first kappa shape index (κ1) is 14.6. The van der Waals surface area contributed by atoms with Crippen LogP contribution in [0.25, 0.3) is 11.1 Å². The van der Waals surface area contributed by atoms with E-state index >= 15 is 0 Å². The van der Waals surface area contributed by atoms with Crippen LogP contribution >= 0.6 is 0 Å². The van der Waals surface area contributed by atoms with Gasteiger partial charge in [-0.1, -0.05) is 43.3 Å². The third kappa shape index (κ3) is 3.40. The van der Waals surface area contributed by atoms with Crippen LogP contribution in [-0.2, 0) is 0 Å². The number of rotatable bonds is 6. The van der Waals surface area contributed by atoms with Gasteiger partial charge in [0.2, 0.25) is 0 Å². The molecule has 1 unspecified atom stereocenters. The molecular weight excluding hydrogens is 246 g/mol. The molecule has 2 nitrogen and oxygen atoms in total. The Hall–Kier alpha value is -1.80. The Morgan fingerprint density at radius 2 is 1.75 bits per heavy atom. The molecule has 2 aromatic carbocycles. The van der Waals surface area contributed by atoms with Crippen LogP contribution in [0.2, 0.25) is 0 Å². The van der Waals surface area contributed by atoms with Gasteiger partial charge in [-0.2, -0.15) is 0 Å². The highest BCUT2D eigenvalue weighted by Crippen LogP contribution is 2.29. The molecule has 0 aliphatic rings. The van der Waals surface area contributed by atoms with Crippen molar-refractivity contribution >= 4 is 0 Å². The fourth-order valence-corrected chi connectivity index (χ4v) is 2.24. The predicted octanol–water partition coefficient (Wildman–Crippen LogP) is 4.42. The molecule has 0 bridgehead atoms. The molecule has 0 aliphatic carbocycles. The van der Waals surface area contributed by atoms with Crippen LogP contribution in [0.3, 0.4) is 0 Å². The van der Waals surface area contributed by atoms with Crippen LogP contribution in [0.4, 0.5) is 0 Å². The molecule has 0 aromatic heterocycles. The topological polar surface area (TPSA) is 21.3 Å². The van der Waals surface area contributed by atoms with Gasteiger partial charge in [-0.05, 0) is 49.2 Å². The van der Waals surface area contributed by atoms with Gasteiger partial charge in [0.1, 0.15) is 5.75 Å². The lowest BCUT2D eigenvalue weighted by Crippen LogP contribution is -2.13. The molecule has 2 rings (SSSR count). The molecule has 0 fully saturated rings. The normalized spacial score (nSPS) is 12.2. The first-order chi connectivity index (χ1) is 9.76. The Morgan fingerprint density at radius 1 is 1.05 bits per heavy atom. The predicted molar refractivity (Wildman–Crippen MR) is 85.1 cm³/mol. The van der Waals surface area contributed by atoms with Gasteiger partial charge in [0.05, 0.1) is 6.61 Å². The van der Waals surface area contributed by atoms with E-state index in [1.165, 1.54) is 16.7 Å². The summed E-state index contributed by atoms with van der Waals surface area (Å²) in [4.78, 5) is 0. The van der Waals surface area contributed by atoms with E-state index in [1.54, 1.807) is 0 Å². The van der Waals surface area contributed by atoms with E-state index in [9.17, 15) is 0 Å². The fraction of sp³-hybridized carbons (Fsp3) is 0.333. The van der Waals surface area contributed by atoms with E-state index in [2.05, 4.69) is 55.6 Å². The standard InChI is InChI=1S/C18H23NO/c1-4-13-20-16-11-9-15(10-12-16)18-8-6-5-7-17(18)14(2)19-3/h5-12,14,19H,4,13H2,1-3H3. The monoisotopic (exact) mass is 269 g/mol. The average Bonchev–Trinajstić information content (AvgIpc) is 2.52. The van der Waals surface area contributed by atoms with Gasteiger partial charge in [-0.3, -0.25) is 0 Å². The first-order valence-electron chi connectivity index (χ1n) is 7.25. The highest BCUT2D eigenvalue weighted by atomic mass is 16.5. The summed E-state index contributed by atoms with van der Waals surface area (Å²) in [6.45, 7) is 5.06. The van der Waals surface area contributed by atoms with Gasteiger partial charge < -0.3 is 10.1 Å². The van der Waals surface area contributed by atoms with Crippen molar-refractivity contribution in [2.45, 2.75) is 26.3 Å². The van der Waals surface area contributed by atoms with E-state index in [0.29, 0.717) is 6.04 Å². The molecule has 1 atom stereocenters. The molecule has 2 aromatic rings. The third-order valence-corrected chi connectivity index (χ3v) is 3.50. The summed E-state index contributed by atoms with van der Waals surface area (Å²) >= 11 is 0. The maximum absolute atomic E-state index is 5.63. The molecule has 106 valence electrons. The van der Waals surface area contributed by atoms with Crippen molar-refractivity contribution in [3.8, 4) is 16.9 Å². The van der Waals surface area contributed by atoms with Crippen molar-refractivity contribution in [3.05, 3.63) is 54.1 Å². The number of hydrogen-bond donors (Lipinski definition) is 1. The first-order valence-corrected chi connectivity index (χ1v) is 7.25. The van der Waals surface area contributed by atoms with Gasteiger partial charge in [-0.15, -0.1) is 0 Å². The zero-order valence-corrected chi connectivity index (χ0v) is 12.5. The van der Waals surface area contributed by atoms with Crippen LogP contribution in [0.1, 0.15) is 31.9 Å². The van der Waals surface area contributed by atoms with E-state index in [1.807, 2.05) is 19.2 Å². The molecule has 0 saturated carbocycles. The number of hydrogen-bond acceptors (Lipinski definition) is 2. The maximum atomic E-state index is 5.63. The molecule has 1 N–H and O–H groups in total. The Balaban J connectivity index is 2.27. The summed E-state index contributed by atoms with van der Waals surface area (Å²) in [6, 6.07) is 17.2. The SMILES string of the molecule is CCCOc1ccc(-c2ccccc2C(C)NC)cc1. The van der Waals surface area contributed by atoms with Gasteiger partial charge >= 0.3 is 0 Å². The Morgan fingerprint density at radius 3 is 2.40 bits per heavy atom. The molecule has 20 heavy (non-hydrogen) atoms. The van der Waals surface area contributed by atoms with Gasteiger partial charge in [0.15, 0.2) is 0 Å². The van der Waals surface area contributed by atoms with Crippen LogP contribution in [0, 0.1) is 0 Å². The Labute approximate surface area is 121 Å². The van der Waals surface area contributed by atoms with E-state index < -0.39 is 0 Å². The lowest BCUT2D eigenvalue weighted by Gasteiger charge is -2.16. The van der Waals surface area contributed by atoms with Crippen LogP contribution in [0.5, 0.6) is 5.75 Å². The van der Waals surface area contributed by atoms with Crippen molar-refractivity contribution in [3.63, 3.8) is 0 Å². The number of nitrogens with one attached hydrogen (secondary N) is 1. The van der Waals surface area contributed by atoms with Gasteiger partial charge in [0.25, 0.3) is 0 Å². The second-order valence-corrected chi connectivity index (χ2v) is 4.97. The minimum absolute atomic E-state index is 0.335. The second kappa shape index (κ2) is 7.11. The van der Waals surface area contributed by atoms with E-state index in [4.69, 9.17) is 4.74 Å². The van der Waals surface area contributed by atoms with Crippen molar-refractivity contribution < 1.29 is 4.74 Å². The maximum Gasteiger partial charge on any atom is 0.119 e. The van der Waals surface area contributed by atoms with Crippen LogP contribution < -0.4 is 10.1 Å². The average molecular weight is 269 g/mol. The van der Waals surface area contributed by atoms with Crippen LogP contribution in [-0.4, -0.2) is 13.7 Å². The summed E-state index contributed by atoms with van der Waals surface area (Å²) < 4.78 is 5.63. The summed E-state index contributed by atoms with van der Waals surface area (Å²) in [5.41, 5.74) is 3.82. The summed E-state index contributed by atoms with van der Waals surface area (Å²) in [6.07, 6.45) is 1.03. The highest BCUT2D eigenvalue weighted by molar-refractivity contribution is 5.68. The zero-order valence-electron chi connectivity index (χ0n) is 12.5. The minimum atomic E-state index is 0.335. The van der Waals surface area contributed by atoms with Crippen molar-refractivity contribution in [2.75, 3.05) is 13.7 Å². The molecule has 0 amide bonds. The number of ether oxygens (including phenoxy) is 1. The van der Waals surface area contributed by atoms with Crippen LogP contribution in [0.15, 0.2) is 48.5 Å². The van der Waals surface area contributed by atoms with Crippen molar-refractivity contribution in [1.82, 2.24) is 5.32 Å². The summed E-state index contributed by atoms with van der Waals surface area (Å²) in [5.74, 6) is 0.940. The fourth-order valence-electron chi connectivity index (χ4n) is 2.24.